The third-order valence-electron chi connectivity index (χ3n) is 5.23. The number of anilines is 1. The summed E-state index contributed by atoms with van der Waals surface area (Å²) >= 11 is 0. The lowest BCUT2D eigenvalue weighted by molar-refractivity contribution is 0.0636. The maximum atomic E-state index is 12.6. The van der Waals surface area contributed by atoms with Crippen molar-refractivity contribution in [2.45, 2.75) is 32.9 Å². The van der Waals surface area contributed by atoms with Crippen LogP contribution in [0.5, 0.6) is 11.5 Å². The molecule has 4 rings (SSSR count). The van der Waals surface area contributed by atoms with Crippen molar-refractivity contribution in [2.24, 2.45) is 4.99 Å². The van der Waals surface area contributed by atoms with Gasteiger partial charge in [0.05, 0.1) is 17.9 Å². The highest BCUT2D eigenvalue weighted by Crippen LogP contribution is 2.32. The first-order chi connectivity index (χ1) is 17.4. The van der Waals surface area contributed by atoms with E-state index in [1.165, 1.54) is 0 Å². The number of carbonyl (C=O) groups is 1. The van der Waals surface area contributed by atoms with Gasteiger partial charge in [-0.15, -0.1) is 0 Å². The number of benzene rings is 4. The van der Waals surface area contributed by atoms with Crippen LogP contribution in [0.4, 0.5) is 10.5 Å². The van der Waals surface area contributed by atoms with Gasteiger partial charge in [-0.3, -0.25) is 10.3 Å². The molecule has 0 aliphatic heterocycles. The fraction of sp³-hybridized carbons (Fsp3) is 0.161. The number of amides is 1. The number of ether oxygens (including phenoxy) is 2. The molecule has 0 spiro atoms. The van der Waals surface area contributed by atoms with Crippen molar-refractivity contribution >= 4 is 17.5 Å². The molecule has 4 aromatic rings. The number of aliphatic imine (C=N–C) groups is 1. The summed E-state index contributed by atoms with van der Waals surface area (Å²) in [5.74, 6) is 1.31. The Kier molecular flexibility index (Phi) is 7.81. The monoisotopic (exact) mass is 478 g/mol. The highest BCUT2D eigenvalue weighted by Gasteiger charge is 2.19. The SMILES string of the molecule is CC(C)(C)OC(=O)Nc1cccc(Oc2ccccc2)c1CN=C(c1ccccc1)c1ccccc1. The van der Waals surface area contributed by atoms with Crippen molar-refractivity contribution in [2.75, 3.05) is 5.32 Å². The number of carbonyl (C=O) groups excluding carboxylic acids is 1. The zero-order valence-electron chi connectivity index (χ0n) is 20.8. The van der Waals surface area contributed by atoms with Crippen LogP contribution in [-0.4, -0.2) is 17.4 Å². The lowest BCUT2D eigenvalue weighted by Gasteiger charge is -2.21. The van der Waals surface area contributed by atoms with Crippen molar-refractivity contribution in [3.8, 4) is 11.5 Å². The second kappa shape index (κ2) is 11.4. The normalized spacial score (nSPS) is 10.9. The van der Waals surface area contributed by atoms with Gasteiger partial charge in [-0.25, -0.2) is 4.79 Å². The summed E-state index contributed by atoms with van der Waals surface area (Å²) in [4.78, 5) is 17.6. The molecule has 0 atom stereocenters. The molecule has 182 valence electrons. The topological polar surface area (TPSA) is 59.9 Å². The highest BCUT2D eigenvalue weighted by atomic mass is 16.6. The minimum Gasteiger partial charge on any atom is -0.457 e. The molecule has 0 aliphatic carbocycles. The van der Waals surface area contributed by atoms with Crippen LogP contribution in [0.15, 0.2) is 114 Å². The molecule has 0 bridgehead atoms. The summed E-state index contributed by atoms with van der Waals surface area (Å²) in [6, 6.07) is 35.2. The van der Waals surface area contributed by atoms with Crippen LogP contribution in [0.2, 0.25) is 0 Å². The van der Waals surface area contributed by atoms with Crippen LogP contribution < -0.4 is 10.1 Å². The second-order valence-electron chi connectivity index (χ2n) is 9.22. The fourth-order valence-electron chi connectivity index (χ4n) is 3.67. The first-order valence-electron chi connectivity index (χ1n) is 11.9. The number of hydrogen-bond acceptors (Lipinski definition) is 4. The number of nitrogens with one attached hydrogen (secondary N) is 1. The first-order valence-corrected chi connectivity index (χ1v) is 11.9. The molecular formula is C31H30N2O3. The van der Waals surface area contributed by atoms with Crippen molar-refractivity contribution in [1.82, 2.24) is 0 Å². The number of nitrogens with zero attached hydrogens (tertiary/aromatic N) is 1. The van der Waals surface area contributed by atoms with E-state index in [9.17, 15) is 4.79 Å². The maximum absolute atomic E-state index is 12.6. The molecule has 0 fully saturated rings. The third kappa shape index (κ3) is 6.83. The van der Waals surface area contributed by atoms with E-state index >= 15 is 0 Å². The van der Waals surface area contributed by atoms with E-state index in [2.05, 4.69) is 5.32 Å². The molecule has 5 nitrogen and oxygen atoms in total. The van der Waals surface area contributed by atoms with E-state index in [-0.39, 0.29) is 6.54 Å². The van der Waals surface area contributed by atoms with Gasteiger partial charge in [-0.1, -0.05) is 84.9 Å². The minimum absolute atomic E-state index is 0.285. The Morgan fingerprint density at radius 1 is 0.750 bits per heavy atom. The Morgan fingerprint density at radius 3 is 1.86 bits per heavy atom. The molecule has 0 unspecified atom stereocenters. The van der Waals surface area contributed by atoms with Crippen molar-refractivity contribution < 1.29 is 14.3 Å². The van der Waals surface area contributed by atoms with Crippen molar-refractivity contribution in [3.05, 3.63) is 126 Å². The quantitative estimate of drug-likeness (QED) is 0.275. The lowest BCUT2D eigenvalue weighted by Crippen LogP contribution is -2.27. The summed E-state index contributed by atoms with van der Waals surface area (Å²) in [5.41, 5.74) is 3.58. The summed E-state index contributed by atoms with van der Waals surface area (Å²) in [6.45, 7) is 5.78. The Labute approximate surface area is 212 Å². The Balaban J connectivity index is 1.75. The minimum atomic E-state index is -0.617. The van der Waals surface area contributed by atoms with Gasteiger partial charge in [-0.2, -0.15) is 0 Å². The number of rotatable bonds is 7. The van der Waals surface area contributed by atoms with Gasteiger partial charge in [0.2, 0.25) is 0 Å². The van der Waals surface area contributed by atoms with Gasteiger partial charge in [0.25, 0.3) is 0 Å². The average molecular weight is 479 g/mol. The molecule has 0 saturated heterocycles. The predicted molar refractivity (Wildman–Crippen MR) is 145 cm³/mol. The Hall–Kier alpha value is -4.38. The Morgan fingerprint density at radius 2 is 1.31 bits per heavy atom. The van der Waals surface area contributed by atoms with Crippen LogP contribution in [0.25, 0.3) is 0 Å². The van der Waals surface area contributed by atoms with Gasteiger partial charge in [-0.05, 0) is 45.0 Å². The van der Waals surface area contributed by atoms with E-state index in [4.69, 9.17) is 14.5 Å². The smallest absolute Gasteiger partial charge is 0.412 e. The molecule has 0 heterocycles. The average Bonchev–Trinajstić information content (AvgIpc) is 2.86. The predicted octanol–water partition coefficient (Wildman–Crippen LogP) is 7.86. The molecule has 4 aromatic carbocycles. The maximum Gasteiger partial charge on any atom is 0.412 e. The van der Waals surface area contributed by atoms with E-state index in [1.807, 2.05) is 130 Å². The molecule has 36 heavy (non-hydrogen) atoms. The summed E-state index contributed by atoms with van der Waals surface area (Å²) in [7, 11) is 0. The molecule has 1 amide bonds. The molecule has 0 aliphatic rings. The van der Waals surface area contributed by atoms with Gasteiger partial charge in [0, 0.05) is 16.7 Å². The number of para-hydroxylation sites is 1. The van der Waals surface area contributed by atoms with Crippen LogP contribution >= 0.6 is 0 Å². The van der Waals surface area contributed by atoms with Gasteiger partial charge >= 0.3 is 6.09 Å². The van der Waals surface area contributed by atoms with Crippen LogP contribution in [-0.2, 0) is 11.3 Å². The lowest BCUT2D eigenvalue weighted by atomic mass is 10.0. The van der Waals surface area contributed by atoms with E-state index in [0.717, 1.165) is 22.4 Å². The Bertz CT molecular complexity index is 1270. The van der Waals surface area contributed by atoms with Gasteiger partial charge in [0.1, 0.15) is 17.1 Å². The molecule has 5 heteroatoms. The fourth-order valence-corrected chi connectivity index (χ4v) is 3.67. The van der Waals surface area contributed by atoms with Gasteiger partial charge in [0.15, 0.2) is 0 Å². The van der Waals surface area contributed by atoms with Crippen LogP contribution in [0, 0.1) is 0 Å². The summed E-state index contributed by atoms with van der Waals surface area (Å²) in [5, 5.41) is 2.89. The highest BCUT2D eigenvalue weighted by molar-refractivity contribution is 6.12. The van der Waals surface area contributed by atoms with Crippen LogP contribution in [0.1, 0.15) is 37.5 Å². The third-order valence-corrected chi connectivity index (χ3v) is 5.23. The van der Waals surface area contributed by atoms with E-state index < -0.39 is 11.7 Å². The number of hydrogen-bond donors (Lipinski definition) is 1. The zero-order chi connectivity index (χ0) is 25.4. The van der Waals surface area contributed by atoms with E-state index in [0.29, 0.717) is 17.2 Å². The molecular weight excluding hydrogens is 448 g/mol. The molecule has 1 N–H and O–H groups in total. The standard InChI is InChI=1S/C31H30N2O3/c1-31(2,3)36-30(34)33-27-20-13-21-28(35-25-18-11-6-12-19-25)26(27)22-32-29(23-14-7-4-8-15-23)24-16-9-5-10-17-24/h4-21H,22H2,1-3H3,(H,33,34). The van der Waals surface area contributed by atoms with E-state index in [1.54, 1.807) is 0 Å². The largest absolute Gasteiger partial charge is 0.457 e. The molecule has 0 radical (unpaired) electrons. The van der Waals surface area contributed by atoms with Gasteiger partial charge < -0.3 is 9.47 Å². The van der Waals surface area contributed by atoms with Crippen molar-refractivity contribution in [3.63, 3.8) is 0 Å². The summed E-state index contributed by atoms with van der Waals surface area (Å²) in [6.07, 6.45) is -0.532. The molecule has 0 saturated carbocycles. The van der Waals surface area contributed by atoms with Crippen molar-refractivity contribution in [1.29, 1.82) is 0 Å². The first kappa shape index (κ1) is 24.7. The molecule has 0 aromatic heterocycles. The zero-order valence-corrected chi connectivity index (χ0v) is 20.8. The second-order valence-corrected chi connectivity index (χ2v) is 9.22. The summed E-state index contributed by atoms with van der Waals surface area (Å²) < 4.78 is 11.7. The van der Waals surface area contributed by atoms with Crippen LogP contribution in [0.3, 0.4) is 0 Å².